The summed E-state index contributed by atoms with van der Waals surface area (Å²) in [5.74, 6) is 1.17. The van der Waals surface area contributed by atoms with Gasteiger partial charge in [-0.05, 0) is 36.0 Å². The van der Waals surface area contributed by atoms with Crippen molar-refractivity contribution in [1.82, 2.24) is 0 Å². The van der Waals surface area contributed by atoms with Crippen LogP contribution in [0.1, 0.15) is 44.1 Å². The molecule has 1 fully saturated rings. The summed E-state index contributed by atoms with van der Waals surface area (Å²) in [5.41, 5.74) is 1.35. The van der Waals surface area contributed by atoms with Crippen molar-refractivity contribution in [1.29, 1.82) is 0 Å². The molecule has 2 rings (SSSR count). The molecule has 1 aromatic rings. The van der Waals surface area contributed by atoms with Crippen molar-refractivity contribution in [2.75, 3.05) is 6.61 Å². The number of aliphatic hydroxyl groups is 1. The van der Waals surface area contributed by atoms with Gasteiger partial charge in [0.05, 0.1) is 0 Å². The highest BCUT2D eigenvalue weighted by molar-refractivity contribution is 9.10. The Labute approximate surface area is 119 Å². The molecule has 0 spiro atoms. The zero-order valence-electron chi connectivity index (χ0n) is 10.9. The number of halogens is 1. The summed E-state index contributed by atoms with van der Waals surface area (Å²) in [7, 11) is 0. The molecule has 1 N–H and O–H groups in total. The van der Waals surface area contributed by atoms with E-state index in [2.05, 4.69) is 40.2 Å². The fourth-order valence-electron chi connectivity index (χ4n) is 3.09. The van der Waals surface area contributed by atoms with Gasteiger partial charge < -0.3 is 5.11 Å². The Hall–Kier alpha value is -0.340. The molecule has 100 valence electrons. The minimum atomic E-state index is 0.334. The van der Waals surface area contributed by atoms with E-state index in [1.807, 2.05) is 0 Å². The average Bonchev–Trinajstić information content (AvgIpc) is 2.67. The van der Waals surface area contributed by atoms with Gasteiger partial charge in [-0.3, -0.25) is 0 Å². The maximum Gasteiger partial charge on any atom is 0.0465 e. The van der Waals surface area contributed by atoms with Crippen molar-refractivity contribution in [3.05, 3.63) is 34.3 Å². The van der Waals surface area contributed by atoms with Gasteiger partial charge in [-0.25, -0.2) is 0 Å². The SMILES string of the molecule is OCC(Cc1ccc(Br)cc1)C1CCCCCC1. The lowest BCUT2D eigenvalue weighted by molar-refractivity contribution is 0.163. The number of aliphatic hydroxyl groups excluding tert-OH is 1. The van der Waals surface area contributed by atoms with Crippen LogP contribution in [-0.2, 0) is 6.42 Å². The van der Waals surface area contributed by atoms with Gasteiger partial charge >= 0.3 is 0 Å². The Morgan fingerprint density at radius 3 is 2.22 bits per heavy atom. The molecule has 2 heteroatoms. The first-order chi connectivity index (χ1) is 8.79. The smallest absolute Gasteiger partial charge is 0.0465 e. The summed E-state index contributed by atoms with van der Waals surface area (Å²) in [4.78, 5) is 0. The lowest BCUT2D eigenvalue weighted by atomic mass is 9.82. The van der Waals surface area contributed by atoms with Crippen LogP contribution in [0.4, 0.5) is 0 Å². The lowest BCUT2D eigenvalue weighted by Gasteiger charge is -2.24. The molecule has 0 amide bonds. The minimum absolute atomic E-state index is 0.334. The summed E-state index contributed by atoms with van der Waals surface area (Å²) in [5, 5.41) is 9.68. The monoisotopic (exact) mass is 310 g/mol. The number of hydrogen-bond donors (Lipinski definition) is 1. The third kappa shape index (κ3) is 4.10. The standard InChI is InChI=1S/C16H23BrO/c17-16-9-7-13(8-10-16)11-15(12-18)14-5-3-1-2-4-6-14/h7-10,14-15,18H,1-6,11-12H2. The molecule has 0 aliphatic heterocycles. The zero-order valence-corrected chi connectivity index (χ0v) is 12.5. The number of hydrogen-bond acceptors (Lipinski definition) is 1. The third-order valence-electron chi connectivity index (χ3n) is 4.21. The first-order valence-electron chi connectivity index (χ1n) is 7.15. The Morgan fingerprint density at radius 2 is 1.67 bits per heavy atom. The molecule has 1 aliphatic rings. The van der Waals surface area contributed by atoms with E-state index < -0.39 is 0 Å². The normalized spacial score (nSPS) is 19.4. The summed E-state index contributed by atoms with van der Waals surface area (Å²) in [6.45, 7) is 0.334. The van der Waals surface area contributed by atoms with Gasteiger partial charge in [-0.1, -0.05) is 66.6 Å². The Balaban J connectivity index is 1.97. The second-order valence-electron chi connectivity index (χ2n) is 5.52. The van der Waals surface area contributed by atoms with Crippen LogP contribution < -0.4 is 0 Å². The first-order valence-corrected chi connectivity index (χ1v) is 7.94. The maximum atomic E-state index is 9.68. The van der Waals surface area contributed by atoms with E-state index in [9.17, 15) is 5.11 Å². The highest BCUT2D eigenvalue weighted by Crippen LogP contribution is 2.31. The molecule has 0 saturated heterocycles. The van der Waals surface area contributed by atoms with Gasteiger partial charge in [-0.15, -0.1) is 0 Å². The number of benzene rings is 1. The molecule has 1 atom stereocenters. The predicted octanol–water partition coefficient (Wildman–Crippen LogP) is 4.57. The second kappa shape index (κ2) is 7.30. The molecular formula is C16H23BrO. The van der Waals surface area contributed by atoms with Gasteiger partial charge in [0.2, 0.25) is 0 Å². The van der Waals surface area contributed by atoms with Crippen molar-refractivity contribution < 1.29 is 5.11 Å². The topological polar surface area (TPSA) is 20.2 Å². The largest absolute Gasteiger partial charge is 0.396 e. The summed E-state index contributed by atoms with van der Waals surface area (Å²) in [6.07, 6.45) is 9.10. The first kappa shape index (κ1) is 14.1. The van der Waals surface area contributed by atoms with Crippen LogP contribution in [0.25, 0.3) is 0 Å². The zero-order chi connectivity index (χ0) is 12.8. The fraction of sp³-hybridized carbons (Fsp3) is 0.625. The van der Waals surface area contributed by atoms with E-state index in [4.69, 9.17) is 0 Å². The van der Waals surface area contributed by atoms with Crippen LogP contribution in [0.15, 0.2) is 28.7 Å². The lowest BCUT2D eigenvalue weighted by Crippen LogP contribution is -2.20. The Bertz CT molecular complexity index is 339. The van der Waals surface area contributed by atoms with Crippen LogP contribution in [-0.4, -0.2) is 11.7 Å². The van der Waals surface area contributed by atoms with Crippen molar-refractivity contribution in [3.8, 4) is 0 Å². The van der Waals surface area contributed by atoms with E-state index in [1.165, 1.54) is 44.1 Å². The average molecular weight is 311 g/mol. The van der Waals surface area contributed by atoms with Crippen LogP contribution in [0.2, 0.25) is 0 Å². The molecule has 1 aliphatic carbocycles. The van der Waals surface area contributed by atoms with E-state index in [0.717, 1.165) is 16.8 Å². The minimum Gasteiger partial charge on any atom is -0.396 e. The molecule has 18 heavy (non-hydrogen) atoms. The van der Waals surface area contributed by atoms with Crippen LogP contribution in [0.5, 0.6) is 0 Å². The van der Waals surface area contributed by atoms with E-state index in [-0.39, 0.29) is 0 Å². The van der Waals surface area contributed by atoms with Crippen LogP contribution in [0, 0.1) is 11.8 Å². The second-order valence-corrected chi connectivity index (χ2v) is 6.44. The third-order valence-corrected chi connectivity index (χ3v) is 4.74. The van der Waals surface area contributed by atoms with Crippen molar-refractivity contribution in [2.45, 2.75) is 44.9 Å². The molecule has 1 aromatic carbocycles. The molecule has 1 nitrogen and oxygen atoms in total. The van der Waals surface area contributed by atoms with E-state index >= 15 is 0 Å². The molecule has 1 unspecified atom stereocenters. The Morgan fingerprint density at radius 1 is 1.06 bits per heavy atom. The molecular weight excluding hydrogens is 288 g/mol. The number of rotatable bonds is 4. The molecule has 0 bridgehead atoms. The quantitative estimate of drug-likeness (QED) is 0.808. The summed E-state index contributed by atoms with van der Waals surface area (Å²) in [6, 6.07) is 8.53. The van der Waals surface area contributed by atoms with Crippen molar-refractivity contribution in [3.63, 3.8) is 0 Å². The van der Waals surface area contributed by atoms with Gasteiger partial charge in [-0.2, -0.15) is 0 Å². The van der Waals surface area contributed by atoms with E-state index in [1.54, 1.807) is 0 Å². The van der Waals surface area contributed by atoms with Gasteiger partial charge in [0.1, 0.15) is 0 Å². The van der Waals surface area contributed by atoms with E-state index in [0.29, 0.717) is 12.5 Å². The van der Waals surface area contributed by atoms with Crippen LogP contribution in [0.3, 0.4) is 0 Å². The van der Waals surface area contributed by atoms with Crippen molar-refractivity contribution in [2.24, 2.45) is 11.8 Å². The van der Waals surface area contributed by atoms with Gasteiger partial charge in [0.15, 0.2) is 0 Å². The van der Waals surface area contributed by atoms with Crippen molar-refractivity contribution >= 4 is 15.9 Å². The highest BCUT2D eigenvalue weighted by Gasteiger charge is 2.22. The highest BCUT2D eigenvalue weighted by atomic mass is 79.9. The Kier molecular flexibility index (Phi) is 5.71. The molecule has 1 saturated carbocycles. The maximum absolute atomic E-state index is 9.68. The summed E-state index contributed by atoms with van der Waals surface area (Å²) < 4.78 is 1.13. The molecule has 0 aromatic heterocycles. The fourth-order valence-corrected chi connectivity index (χ4v) is 3.35. The summed E-state index contributed by atoms with van der Waals surface area (Å²) >= 11 is 3.47. The predicted molar refractivity (Wildman–Crippen MR) is 79.6 cm³/mol. The van der Waals surface area contributed by atoms with Crippen LogP contribution >= 0.6 is 15.9 Å². The van der Waals surface area contributed by atoms with Gasteiger partial charge in [0, 0.05) is 11.1 Å². The molecule has 0 heterocycles. The molecule has 0 radical (unpaired) electrons. The van der Waals surface area contributed by atoms with Gasteiger partial charge in [0.25, 0.3) is 0 Å².